The number of hydrogen-bond acceptors (Lipinski definition) is 2. The number of amides is 2. The monoisotopic (exact) mass is 360 g/mol. The Hall–Kier alpha value is -2.40. The Morgan fingerprint density at radius 1 is 0.920 bits per heavy atom. The standard InChI is InChI=1S/C19H18ClFN2O2/c1-13-11-15(5-6-17(13)21)19(25)23-9-7-22(8-10-23)18(24)14-3-2-4-16(20)12-14/h2-6,11-12H,7-10H2,1H3. The van der Waals surface area contributed by atoms with Gasteiger partial charge in [0.1, 0.15) is 5.82 Å². The summed E-state index contributed by atoms with van der Waals surface area (Å²) in [6.07, 6.45) is 0. The molecular weight excluding hydrogens is 343 g/mol. The first-order chi connectivity index (χ1) is 12.0. The van der Waals surface area contributed by atoms with E-state index >= 15 is 0 Å². The van der Waals surface area contributed by atoms with Crippen molar-refractivity contribution in [3.63, 3.8) is 0 Å². The van der Waals surface area contributed by atoms with E-state index in [1.54, 1.807) is 47.1 Å². The summed E-state index contributed by atoms with van der Waals surface area (Å²) in [5, 5.41) is 0.520. The fourth-order valence-electron chi connectivity index (χ4n) is 2.88. The quantitative estimate of drug-likeness (QED) is 0.823. The molecule has 1 heterocycles. The first-order valence-electron chi connectivity index (χ1n) is 8.06. The molecule has 0 aliphatic carbocycles. The van der Waals surface area contributed by atoms with Gasteiger partial charge in [0, 0.05) is 42.3 Å². The third kappa shape index (κ3) is 3.82. The van der Waals surface area contributed by atoms with Crippen LogP contribution < -0.4 is 0 Å². The van der Waals surface area contributed by atoms with Gasteiger partial charge in [-0.2, -0.15) is 0 Å². The second kappa shape index (κ2) is 7.23. The summed E-state index contributed by atoms with van der Waals surface area (Å²) in [6.45, 7) is 3.44. The summed E-state index contributed by atoms with van der Waals surface area (Å²) in [6, 6.07) is 11.2. The molecule has 4 nitrogen and oxygen atoms in total. The van der Waals surface area contributed by atoms with Crippen molar-refractivity contribution < 1.29 is 14.0 Å². The van der Waals surface area contributed by atoms with Crippen molar-refractivity contribution in [2.24, 2.45) is 0 Å². The summed E-state index contributed by atoms with van der Waals surface area (Å²) < 4.78 is 13.4. The van der Waals surface area contributed by atoms with Crippen LogP contribution in [0.3, 0.4) is 0 Å². The van der Waals surface area contributed by atoms with Gasteiger partial charge in [-0.25, -0.2) is 4.39 Å². The Morgan fingerprint density at radius 2 is 1.48 bits per heavy atom. The predicted molar refractivity (Wildman–Crippen MR) is 94.4 cm³/mol. The van der Waals surface area contributed by atoms with Crippen LogP contribution in [0.1, 0.15) is 26.3 Å². The van der Waals surface area contributed by atoms with E-state index in [1.807, 2.05) is 0 Å². The zero-order valence-corrected chi connectivity index (χ0v) is 14.6. The Labute approximate surface area is 150 Å². The van der Waals surface area contributed by atoms with Gasteiger partial charge >= 0.3 is 0 Å². The fourth-order valence-corrected chi connectivity index (χ4v) is 3.07. The Kier molecular flexibility index (Phi) is 5.04. The van der Waals surface area contributed by atoms with Gasteiger partial charge in [0.25, 0.3) is 11.8 Å². The average molecular weight is 361 g/mol. The largest absolute Gasteiger partial charge is 0.335 e. The molecule has 3 rings (SSSR count). The summed E-state index contributed by atoms with van der Waals surface area (Å²) in [5.74, 6) is -0.557. The maximum absolute atomic E-state index is 13.4. The molecule has 0 radical (unpaired) electrons. The van der Waals surface area contributed by atoms with E-state index in [-0.39, 0.29) is 17.6 Å². The molecule has 1 aliphatic heterocycles. The third-order valence-corrected chi connectivity index (χ3v) is 4.57. The van der Waals surface area contributed by atoms with Gasteiger partial charge in [-0.15, -0.1) is 0 Å². The summed E-state index contributed by atoms with van der Waals surface area (Å²) in [5.41, 5.74) is 1.45. The van der Waals surface area contributed by atoms with Gasteiger partial charge in [-0.05, 0) is 48.9 Å². The normalized spacial score (nSPS) is 14.5. The van der Waals surface area contributed by atoms with Crippen LogP contribution in [-0.4, -0.2) is 47.8 Å². The number of nitrogens with zero attached hydrogens (tertiary/aromatic N) is 2. The molecule has 1 saturated heterocycles. The molecular formula is C19H18ClFN2O2. The van der Waals surface area contributed by atoms with Crippen LogP contribution in [0, 0.1) is 12.7 Å². The van der Waals surface area contributed by atoms with Gasteiger partial charge in [-0.3, -0.25) is 9.59 Å². The molecule has 2 aromatic carbocycles. The minimum absolute atomic E-state index is 0.0905. The topological polar surface area (TPSA) is 40.6 Å². The maximum Gasteiger partial charge on any atom is 0.254 e. The molecule has 0 N–H and O–H groups in total. The molecule has 0 spiro atoms. The summed E-state index contributed by atoms with van der Waals surface area (Å²) in [4.78, 5) is 28.4. The van der Waals surface area contributed by atoms with Crippen LogP contribution in [0.15, 0.2) is 42.5 Å². The SMILES string of the molecule is Cc1cc(C(=O)N2CCN(C(=O)c3cccc(Cl)c3)CC2)ccc1F. The lowest BCUT2D eigenvalue weighted by molar-refractivity contribution is 0.0535. The molecule has 0 saturated carbocycles. The predicted octanol–water partition coefficient (Wildman–Crippen LogP) is 3.39. The van der Waals surface area contributed by atoms with Gasteiger partial charge in [0.05, 0.1) is 0 Å². The lowest BCUT2D eigenvalue weighted by atomic mass is 10.1. The maximum atomic E-state index is 13.4. The minimum Gasteiger partial charge on any atom is -0.335 e. The molecule has 6 heteroatoms. The molecule has 130 valence electrons. The van der Waals surface area contributed by atoms with Gasteiger partial charge < -0.3 is 9.80 Å². The zero-order valence-electron chi connectivity index (χ0n) is 13.8. The molecule has 0 atom stereocenters. The fraction of sp³-hybridized carbons (Fsp3) is 0.263. The molecule has 0 unspecified atom stereocenters. The zero-order chi connectivity index (χ0) is 18.0. The highest BCUT2D eigenvalue weighted by molar-refractivity contribution is 6.30. The van der Waals surface area contributed by atoms with Crippen LogP contribution >= 0.6 is 11.6 Å². The number of carbonyl (C=O) groups is 2. The van der Waals surface area contributed by atoms with Gasteiger partial charge in [0.2, 0.25) is 0 Å². The van der Waals surface area contributed by atoms with Gasteiger partial charge in [-0.1, -0.05) is 17.7 Å². The number of rotatable bonds is 2. The summed E-state index contributed by atoms with van der Waals surface area (Å²) in [7, 11) is 0. The van der Waals surface area contributed by atoms with E-state index in [0.717, 1.165) is 0 Å². The highest BCUT2D eigenvalue weighted by Gasteiger charge is 2.25. The molecule has 1 aliphatic rings. The minimum atomic E-state index is -0.325. The Morgan fingerprint density at radius 3 is 2.00 bits per heavy atom. The Balaban J connectivity index is 1.64. The highest BCUT2D eigenvalue weighted by Crippen LogP contribution is 2.16. The number of hydrogen-bond donors (Lipinski definition) is 0. The molecule has 2 amide bonds. The summed E-state index contributed by atoms with van der Waals surface area (Å²) >= 11 is 5.93. The van der Waals surface area contributed by atoms with Crippen molar-refractivity contribution in [1.82, 2.24) is 9.80 Å². The van der Waals surface area contributed by atoms with E-state index in [9.17, 15) is 14.0 Å². The Bertz CT molecular complexity index is 817. The van der Waals surface area contributed by atoms with E-state index < -0.39 is 0 Å². The van der Waals surface area contributed by atoms with Crippen molar-refractivity contribution in [1.29, 1.82) is 0 Å². The lowest BCUT2D eigenvalue weighted by Gasteiger charge is -2.35. The van der Waals surface area contributed by atoms with E-state index in [1.165, 1.54) is 12.1 Å². The average Bonchev–Trinajstić information content (AvgIpc) is 2.63. The van der Waals surface area contributed by atoms with Gasteiger partial charge in [0.15, 0.2) is 0 Å². The highest BCUT2D eigenvalue weighted by atomic mass is 35.5. The van der Waals surface area contributed by atoms with Crippen LogP contribution in [0.2, 0.25) is 5.02 Å². The van der Waals surface area contributed by atoms with E-state index in [2.05, 4.69) is 0 Å². The second-order valence-corrected chi connectivity index (χ2v) is 6.50. The van der Waals surface area contributed by atoms with Crippen LogP contribution in [0.5, 0.6) is 0 Å². The van der Waals surface area contributed by atoms with Crippen molar-refractivity contribution in [3.05, 3.63) is 70.0 Å². The smallest absolute Gasteiger partial charge is 0.254 e. The molecule has 1 fully saturated rings. The number of carbonyl (C=O) groups excluding carboxylic acids is 2. The first kappa shape index (κ1) is 17.4. The lowest BCUT2D eigenvalue weighted by Crippen LogP contribution is -2.50. The second-order valence-electron chi connectivity index (χ2n) is 6.06. The van der Waals surface area contributed by atoms with Crippen LogP contribution in [0.4, 0.5) is 4.39 Å². The van der Waals surface area contributed by atoms with Crippen LogP contribution in [-0.2, 0) is 0 Å². The van der Waals surface area contributed by atoms with Crippen molar-refractivity contribution in [2.75, 3.05) is 26.2 Å². The number of benzene rings is 2. The van der Waals surface area contributed by atoms with Crippen molar-refractivity contribution in [3.8, 4) is 0 Å². The molecule has 25 heavy (non-hydrogen) atoms. The molecule has 2 aromatic rings. The van der Waals surface area contributed by atoms with Crippen LogP contribution in [0.25, 0.3) is 0 Å². The van der Waals surface area contributed by atoms with E-state index in [4.69, 9.17) is 11.6 Å². The molecule has 0 aromatic heterocycles. The number of halogens is 2. The number of piperazine rings is 1. The first-order valence-corrected chi connectivity index (χ1v) is 8.44. The van der Waals surface area contributed by atoms with Crippen molar-refractivity contribution in [2.45, 2.75) is 6.92 Å². The van der Waals surface area contributed by atoms with E-state index in [0.29, 0.717) is 47.9 Å². The van der Waals surface area contributed by atoms with Crippen molar-refractivity contribution >= 4 is 23.4 Å². The molecule has 0 bridgehead atoms. The third-order valence-electron chi connectivity index (χ3n) is 4.33. The number of aryl methyl sites for hydroxylation is 1.